The Morgan fingerprint density at radius 1 is 0.789 bits per heavy atom. The van der Waals surface area contributed by atoms with Crippen molar-refractivity contribution in [3.05, 3.63) is 0 Å². The summed E-state index contributed by atoms with van der Waals surface area (Å²) in [5.74, 6) is -4.75. The van der Waals surface area contributed by atoms with Crippen molar-refractivity contribution in [3.63, 3.8) is 0 Å². The van der Waals surface area contributed by atoms with Gasteiger partial charge in [-0.3, -0.25) is 24.2 Å². The Labute approximate surface area is 222 Å². The van der Waals surface area contributed by atoms with Crippen molar-refractivity contribution >= 4 is 35.6 Å². The van der Waals surface area contributed by atoms with E-state index in [0.717, 1.165) is 0 Å². The van der Waals surface area contributed by atoms with Crippen LogP contribution >= 0.6 is 0 Å². The second-order valence-electron chi connectivity index (χ2n) is 9.42. The molecular formula is C23H44N8O7. The number of carboxylic acids is 2. The van der Waals surface area contributed by atoms with E-state index in [-0.39, 0.29) is 44.1 Å². The minimum atomic E-state index is -1.34. The van der Waals surface area contributed by atoms with Crippen LogP contribution in [0.15, 0.2) is 4.99 Å². The number of carbonyl (C=O) groups excluding carboxylic acids is 3. The van der Waals surface area contributed by atoms with Gasteiger partial charge in [0.2, 0.25) is 17.7 Å². The van der Waals surface area contributed by atoms with Gasteiger partial charge in [0, 0.05) is 13.0 Å². The van der Waals surface area contributed by atoms with Crippen LogP contribution in [0.5, 0.6) is 0 Å². The van der Waals surface area contributed by atoms with Crippen LogP contribution in [0, 0.1) is 5.92 Å². The van der Waals surface area contributed by atoms with Crippen molar-refractivity contribution in [2.75, 3.05) is 13.1 Å². The number of amides is 3. The van der Waals surface area contributed by atoms with Crippen LogP contribution in [-0.2, 0) is 24.0 Å². The van der Waals surface area contributed by atoms with Crippen LogP contribution in [0.2, 0.25) is 0 Å². The second-order valence-corrected chi connectivity index (χ2v) is 9.42. The number of guanidine groups is 1. The topological polar surface area (TPSA) is 278 Å². The molecule has 15 nitrogen and oxygen atoms in total. The summed E-state index contributed by atoms with van der Waals surface area (Å²) < 4.78 is 0. The summed E-state index contributed by atoms with van der Waals surface area (Å²) in [4.78, 5) is 65.1. The maximum atomic E-state index is 13.1. The average molecular weight is 545 g/mol. The fourth-order valence-electron chi connectivity index (χ4n) is 3.46. The van der Waals surface area contributed by atoms with Crippen LogP contribution in [0.3, 0.4) is 0 Å². The third-order valence-corrected chi connectivity index (χ3v) is 5.49. The Kier molecular flexibility index (Phi) is 17.0. The maximum absolute atomic E-state index is 13.1. The predicted octanol–water partition coefficient (Wildman–Crippen LogP) is -2.05. The summed E-state index contributed by atoms with van der Waals surface area (Å²) in [6.07, 6.45) is 1.32. The number of unbranched alkanes of at least 4 members (excludes halogenated alkanes) is 1. The maximum Gasteiger partial charge on any atom is 0.326 e. The summed E-state index contributed by atoms with van der Waals surface area (Å²) in [5, 5.41) is 25.9. The molecule has 0 spiro atoms. The van der Waals surface area contributed by atoms with Gasteiger partial charge in [-0.15, -0.1) is 0 Å². The Bertz CT molecular complexity index is 818. The highest BCUT2D eigenvalue weighted by Gasteiger charge is 2.30. The zero-order chi connectivity index (χ0) is 29.3. The highest BCUT2D eigenvalue weighted by Crippen LogP contribution is 2.08. The van der Waals surface area contributed by atoms with E-state index in [9.17, 15) is 29.1 Å². The van der Waals surface area contributed by atoms with E-state index >= 15 is 0 Å². The van der Waals surface area contributed by atoms with E-state index in [4.69, 9.17) is 28.0 Å². The normalized spacial score (nSPS) is 14.0. The molecular weight excluding hydrogens is 500 g/mol. The lowest BCUT2D eigenvalue weighted by atomic mass is 10.0. The zero-order valence-corrected chi connectivity index (χ0v) is 22.2. The van der Waals surface area contributed by atoms with Crippen LogP contribution < -0.4 is 38.9 Å². The lowest BCUT2D eigenvalue weighted by Gasteiger charge is -2.25. The molecule has 0 rings (SSSR count). The Balaban J connectivity index is 5.51. The van der Waals surface area contributed by atoms with Gasteiger partial charge >= 0.3 is 11.9 Å². The van der Waals surface area contributed by atoms with Crippen molar-refractivity contribution in [2.45, 2.75) is 89.4 Å². The molecule has 4 unspecified atom stereocenters. The SMILES string of the molecule is CC(C)CC(NC(=O)C(CCC(=O)O)NC(=O)C(CCCCN)NC(=O)C(N)CCCN=C(N)N)C(=O)O. The number of nitrogens with two attached hydrogens (primary N) is 4. The fourth-order valence-corrected chi connectivity index (χ4v) is 3.46. The molecule has 0 aliphatic carbocycles. The van der Waals surface area contributed by atoms with Gasteiger partial charge in [0.05, 0.1) is 6.04 Å². The van der Waals surface area contributed by atoms with Crippen molar-refractivity contribution in [1.29, 1.82) is 0 Å². The van der Waals surface area contributed by atoms with Gasteiger partial charge in [0.1, 0.15) is 18.1 Å². The standard InChI is InChI=1S/C23H44N8O7/c1-13(2)12-17(22(37)38)31-21(36)16(8-9-18(32)33)30-20(35)15(7-3-4-10-24)29-19(34)14(25)6-5-11-28-23(26)27/h13-17H,3-12,24-25H2,1-2H3,(H,29,34)(H,30,35)(H,31,36)(H,32,33)(H,37,38)(H4,26,27,28). The largest absolute Gasteiger partial charge is 0.481 e. The zero-order valence-electron chi connectivity index (χ0n) is 22.2. The molecule has 0 aromatic rings. The fraction of sp³-hybridized carbons (Fsp3) is 0.739. The first-order valence-corrected chi connectivity index (χ1v) is 12.6. The third-order valence-electron chi connectivity index (χ3n) is 5.49. The summed E-state index contributed by atoms with van der Waals surface area (Å²) >= 11 is 0. The van der Waals surface area contributed by atoms with E-state index in [1.54, 1.807) is 13.8 Å². The molecule has 0 aromatic heterocycles. The molecule has 0 aliphatic rings. The highest BCUT2D eigenvalue weighted by molar-refractivity contribution is 5.94. The summed E-state index contributed by atoms with van der Waals surface area (Å²) in [7, 11) is 0. The van der Waals surface area contributed by atoms with Crippen molar-refractivity contribution in [2.24, 2.45) is 33.8 Å². The van der Waals surface area contributed by atoms with Crippen LogP contribution in [0.1, 0.15) is 65.2 Å². The van der Waals surface area contributed by atoms with Gasteiger partial charge in [-0.25, -0.2) is 4.79 Å². The lowest BCUT2D eigenvalue weighted by Crippen LogP contribution is -2.57. The number of hydrogen-bond acceptors (Lipinski definition) is 8. The number of nitrogens with one attached hydrogen (secondary N) is 3. The number of hydrogen-bond donors (Lipinski definition) is 9. The highest BCUT2D eigenvalue weighted by atomic mass is 16.4. The van der Waals surface area contributed by atoms with E-state index in [1.807, 2.05) is 0 Å². The molecule has 4 atom stereocenters. The van der Waals surface area contributed by atoms with Gasteiger partial charge in [-0.1, -0.05) is 13.8 Å². The summed E-state index contributed by atoms with van der Waals surface area (Å²) in [6.45, 7) is 4.21. The van der Waals surface area contributed by atoms with E-state index in [2.05, 4.69) is 20.9 Å². The molecule has 0 radical (unpaired) electrons. The molecule has 0 heterocycles. The number of rotatable bonds is 20. The predicted molar refractivity (Wildman–Crippen MR) is 141 cm³/mol. The van der Waals surface area contributed by atoms with Gasteiger partial charge in [-0.05, 0) is 57.4 Å². The van der Waals surface area contributed by atoms with Crippen LogP contribution in [0.25, 0.3) is 0 Å². The van der Waals surface area contributed by atoms with Crippen molar-refractivity contribution in [1.82, 2.24) is 16.0 Å². The quantitative estimate of drug-likeness (QED) is 0.0456. The van der Waals surface area contributed by atoms with Crippen molar-refractivity contribution in [3.8, 4) is 0 Å². The first kappa shape index (κ1) is 34.5. The van der Waals surface area contributed by atoms with E-state index in [1.165, 1.54) is 0 Å². The number of nitrogens with zero attached hydrogens (tertiary/aromatic N) is 1. The van der Waals surface area contributed by atoms with Crippen molar-refractivity contribution < 1.29 is 34.2 Å². The molecule has 3 amide bonds. The van der Waals surface area contributed by atoms with Crippen LogP contribution in [0.4, 0.5) is 0 Å². The molecule has 0 bridgehead atoms. The molecule has 38 heavy (non-hydrogen) atoms. The smallest absolute Gasteiger partial charge is 0.326 e. The molecule has 0 saturated heterocycles. The Hall–Kier alpha value is -3.46. The molecule has 15 heteroatoms. The number of aliphatic carboxylic acids is 2. The first-order valence-electron chi connectivity index (χ1n) is 12.6. The summed E-state index contributed by atoms with van der Waals surface area (Å²) in [6, 6.07) is -4.59. The van der Waals surface area contributed by atoms with Crippen LogP contribution in [-0.4, -0.2) is 83.1 Å². The Morgan fingerprint density at radius 2 is 1.34 bits per heavy atom. The number of carboxylic acid groups (broad SMARTS) is 2. The molecule has 0 fully saturated rings. The molecule has 218 valence electrons. The molecule has 0 saturated carbocycles. The number of carbonyl (C=O) groups is 5. The van der Waals surface area contributed by atoms with E-state index < -0.39 is 60.2 Å². The third kappa shape index (κ3) is 15.6. The van der Waals surface area contributed by atoms with Gasteiger partial charge in [0.25, 0.3) is 0 Å². The van der Waals surface area contributed by atoms with E-state index in [0.29, 0.717) is 25.8 Å². The second kappa shape index (κ2) is 18.7. The minimum Gasteiger partial charge on any atom is -0.481 e. The average Bonchev–Trinajstić information content (AvgIpc) is 2.82. The number of aliphatic imine (C=N–C) groups is 1. The first-order chi connectivity index (χ1) is 17.8. The minimum absolute atomic E-state index is 0.0470. The summed E-state index contributed by atoms with van der Waals surface area (Å²) in [5.41, 5.74) is 22.0. The lowest BCUT2D eigenvalue weighted by molar-refractivity contribution is -0.143. The van der Waals surface area contributed by atoms with Gasteiger partial charge in [-0.2, -0.15) is 0 Å². The molecule has 0 aliphatic heterocycles. The molecule has 13 N–H and O–H groups in total. The molecule has 0 aromatic carbocycles. The van der Waals surface area contributed by atoms with Gasteiger partial charge in [0.15, 0.2) is 5.96 Å². The van der Waals surface area contributed by atoms with Gasteiger partial charge < -0.3 is 49.1 Å². The monoisotopic (exact) mass is 544 g/mol. The Morgan fingerprint density at radius 3 is 1.84 bits per heavy atom.